The van der Waals surface area contributed by atoms with Gasteiger partial charge in [-0.15, -0.1) is 0 Å². The average Bonchev–Trinajstić information content (AvgIpc) is 3.15. The Morgan fingerprint density at radius 2 is 2.33 bits per heavy atom. The number of rotatable bonds is 3. The normalized spacial score (nSPS) is 18.2. The highest BCUT2D eigenvalue weighted by molar-refractivity contribution is 5.92. The molecule has 2 aromatic rings. The first-order chi connectivity index (χ1) is 10.2. The molecule has 0 spiro atoms. The fourth-order valence-electron chi connectivity index (χ4n) is 2.80. The fourth-order valence-corrected chi connectivity index (χ4v) is 2.80. The molecular formula is C16H17FN2O2. The van der Waals surface area contributed by atoms with Gasteiger partial charge in [-0.25, -0.2) is 4.39 Å². The molecule has 0 unspecified atom stereocenters. The summed E-state index contributed by atoms with van der Waals surface area (Å²) in [6.07, 6.45) is 2.45. The van der Waals surface area contributed by atoms with E-state index in [4.69, 9.17) is 4.52 Å². The van der Waals surface area contributed by atoms with Crippen LogP contribution in [0.3, 0.4) is 0 Å². The number of likely N-dealkylation sites (tertiary alicyclic amines) is 1. The highest BCUT2D eigenvalue weighted by Crippen LogP contribution is 2.33. The van der Waals surface area contributed by atoms with Gasteiger partial charge in [0, 0.05) is 19.0 Å². The molecule has 5 heteroatoms. The Kier molecular flexibility index (Phi) is 3.73. The predicted molar refractivity (Wildman–Crippen MR) is 75.3 cm³/mol. The van der Waals surface area contributed by atoms with Crippen molar-refractivity contribution in [1.82, 2.24) is 10.1 Å². The van der Waals surface area contributed by atoms with Crippen LogP contribution in [0.1, 0.15) is 47.6 Å². The molecule has 1 amide bonds. The Morgan fingerprint density at radius 1 is 1.48 bits per heavy atom. The Bertz CT molecular complexity index is 653. The van der Waals surface area contributed by atoms with E-state index < -0.39 is 0 Å². The number of benzene rings is 1. The fraction of sp³-hybridized carbons (Fsp3) is 0.375. The number of amides is 1. The van der Waals surface area contributed by atoms with Gasteiger partial charge in [0.2, 0.25) is 0 Å². The lowest BCUT2D eigenvalue weighted by Gasteiger charge is -2.24. The molecule has 1 atom stereocenters. The van der Waals surface area contributed by atoms with E-state index in [1.165, 1.54) is 12.1 Å². The van der Waals surface area contributed by atoms with Crippen LogP contribution in [0.25, 0.3) is 0 Å². The van der Waals surface area contributed by atoms with Gasteiger partial charge in [-0.05, 0) is 30.5 Å². The number of carbonyl (C=O) groups excluding carboxylic acids is 1. The largest absolute Gasteiger partial charge is 0.361 e. The number of aryl methyl sites for hydroxylation is 1. The van der Waals surface area contributed by atoms with Crippen molar-refractivity contribution in [2.45, 2.75) is 32.2 Å². The van der Waals surface area contributed by atoms with Crippen LogP contribution in [0.2, 0.25) is 0 Å². The molecule has 2 heterocycles. The minimum absolute atomic E-state index is 0.0880. The Hall–Kier alpha value is -2.17. The monoisotopic (exact) mass is 288 g/mol. The number of hydrogen-bond acceptors (Lipinski definition) is 3. The zero-order valence-electron chi connectivity index (χ0n) is 11.9. The van der Waals surface area contributed by atoms with E-state index in [-0.39, 0.29) is 17.8 Å². The maximum absolute atomic E-state index is 13.4. The maximum Gasteiger partial charge on any atom is 0.276 e. The van der Waals surface area contributed by atoms with Gasteiger partial charge >= 0.3 is 0 Å². The first-order valence-electron chi connectivity index (χ1n) is 7.21. The summed E-state index contributed by atoms with van der Waals surface area (Å²) in [4.78, 5) is 14.3. The van der Waals surface area contributed by atoms with Crippen molar-refractivity contribution in [2.75, 3.05) is 6.54 Å². The molecule has 1 aromatic carbocycles. The second kappa shape index (κ2) is 5.68. The molecule has 1 aliphatic rings. The number of hydrogen-bond donors (Lipinski definition) is 0. The molecular weight excluding hydrogens is 271 g/mol. The summed E-state index contributed by atoms with van der Waals surface area (Å²) in [5.74, 6) is 0.270. The number of nitrogens with zero attached hydrogens (tertiary/aromatic N) is 2. The average molecular weight is 288 g/mol. The van der Waals surface area contributed by atoms with Gasteiger partial charge < -0.3 is 9.42 Å². The van der Waals surface area contributed by atoms with Crippen molar-refractivity contribution in [3.8, 4) is 0 Å². The van der Waals surface area contributed by atoms with Crippen molar-refractivity contribution < 1.29 is 13.7 Å². The molecule has 1 fully saturated rings. The van der Waals surface area contributed by atoms with Gasteiger partial charge in [-0.2, -0.15) is 0 Å². The summed E-state index contributed by atoms with van der Waals surface area (Å²) in [5.41, 5.74) is 1.16. The molecule has 0 bridgehead atoms. The summed E-state index contributed by atoms with van der Waals surface area (Å²) in [6.45, 7) is 2.61. The van der Waals surface area contributed by atoms with Gasteiger partial charge in [0.1, 0.15) is 11.6 Å². The molecule has 0 aliphatic carbocycles. The summed E-state index contributed by atoms with van der Waals surface area (Å²) < 4.78 is 18.5. The highest BCUT2D eigenvalue weighted by atomic mass is 19.1. The van der Waals surface area contributed by atoms with Crippen LogP contribution in [0.5, 0.6) is 0 Å². The molecule has 110 valence electrons. The second-order valence-corrected chi connectivity index (χ2v) is 5.24. The van der Waals surface area contributed by atoms with Crippen molar-refractivity contribution in [1.29, 1.82) is 0 Å². The second-order valence-electron chi connectivity index (χ2n) is 5.24. The molecule has 0 radical (unpaired) electrons. The van der Waals surface area contributed by atoms with Gasteiger partial charge in [0.15, 0.2) is 5.69 Å². The predicted octanol–water partition coefficient (Wildman–Crippen LogP) is 3.35. The van der Waals surface area contributed by atoms with Crippen molar-refractivity contribution in [2.24, 2.45) is 0 Å². The van der Waals surface area contributed by atoms with Crippen LogP contribution in [0.15, 0.2) is 34.9 Å². The number of halogens is 1. The van der Waals surface area contributed by atoms with Gasteiger partial charge in [0.25, 0.3) is 5.91 Å². The Labute approximate surface area is 122 Å². The third kappa shape index (κ3) is 2.68. The van der Waals surface area contributed by atoms with E-state index in [1.807, 2.05) is 13.0 Å². The molecule has 0 saturated carbocycles. The number of carbonyl (C=O) groups is 1. The first kappa shape index (κ1) is 13.8. The summed E-state index contributed by atoms with van der Waals surface area (Å²) in [5, 5.41) is 3.84. The Morgan fingerprint density at radius 3 is 3.05 bits per heavy atom. The third-order valence-electron chi connectivity index (χ3n) is 3.87. The lowest BCUT2D eigenvalue weighted by atomic mass is 10.0. The van der Waals surface area contributed by atoms with Crippen LogP contribution in [-0.2, 0) is 6.42 Å². The maximum atomic E-state index is 13.4. The van der Waals surface area contributed by atoms with E-state index in [2.05, 4.69) is 5.16 Å². The van der Waals surface area contributed by atoms with E-state index in [1.54, 1.807) is 17.0 Å². The minimum Gasteiger partial charge on any atom is -0.361 e. The topological polar surface area (TPSA) is 46.3 Å². The van der Waals surface area contributed by atoms with E-state index in [9.17, 15) is 9.18 Å². The quantitative estimate of drug-likeness (QED) is 0.870. The summed E-state index contributed by atoms with van der Waals surface area (Å²) >= 11 is 0. The molecule has 0 N–H and O–H groups in total. The van der Waals surface area contributed by atoms with Crippen LogP contribution >= 0.6 is 0 Å². The lowest BCUT2D eigenvalue weighted by Crippen LogP contribution is -2.30. The van der Waals surface area contributed by atoms with Crippen LogP contribution in [0.4, 0.5) is 4.39 Å². The summed E-state index contributed by atoms with van der Waals surface area (Å²) in [6, 6.07) is 8.04. The summed E-state index contributed by atoms with van der Waals surface area (Å²) in [7, 11) is 0. The van der Waals surface area contributed by atoms with Crippen molar-refractivity contribution in [3.05, 3.63) is 53.2 Å². The van der Waals surface area contributed by atoms with Crippen LogP contribution in [-0.4, -0.2) is 22.5 Å². The lowest BCUT2D eigenvalue weighted by molar-refractivity contribution is 0.0725. The molecule has 3 rings (SSSR count). The van der Waals surface area contributed by atoms with E-state index in [0.29, 0.717) is 24.4 Å². The van der Waals surface area contributed by atoms with Gasteiger partial charge in [0.05, 0.1) is 6.04 Å². The molecule has 1 saturated heterocycles. The van der Waals surface area contributed by atoms with Crippen LogP contribution < -0.4 is 0 Å². The third-order valence-corrected chi connectivity index (χ3v) is 3.87. The molecule has 1 aromatic heterocycles. The first-order valence-corrected chi connectivity index (χ1v) is 7.21. The molecule has 1 aliphatic heterocycles. The Balaban J connectivity index is 1.85. The standard InChI is InChI=1S/C16H17FN2O2/c1-2-13-10-14(18-21-13)16(20)19-8-4-7-15(19)11-5-3-6-12(17)9-11/h3,5-6,9-10,15H,2,4,7-8H2,1H3/t15-/m1/s1. The molecule has 21 heavy (non-hydrogen) atoms. The number of aromatic nitrogens is 1. The zero-order valence-corrected chi connectivity index (χ0v) is 11.9. The van der Waals surface area contributed by atoms with Gasteiger partial charge in [-0.3, -0.25) is 4.79 Å². The highest BCUT2D eigenvalue weighted by Gasteiger charge is 2.32. The zero-order chi connectivity index (χ0) is 14.8. The smallest absolute Gasteiger partial charge is 0.276 e. The molecule has 4 nitrogen and oxygen atoms in total. The minimum atomic E-state index is -0.276. The van der Waals surface area contributed by atoms with Crippen molar-refractivity contribution >= 4 is 5.91 Å². The van der Waals surface area contributed by atoms with Gasteiger partial charge in [-0.1, -0.05) is 24.2 Å². The SMILES string of the molecule is CCc1cc(C(=O)N2CCC[C@@H]2c2cccc(F)c2)no1. The van der Waals surface area contributed by atoms with Crippen LogP contribution in [0, 0.1) is 5.82 Å². The van der Waals surface area contributed by atoms with E-state index in [0.717, 1.165) is 18.4 Å². The van der Waals surface area contributed by atoms with E-state index >= 15 is 0 Å². The van der Waals surface area contributed by atoms with Crippen molar-refractivity contribution in [3.63, 3.8) is 0 Å².